The van der Waals surface area contributed by atoms with E-state index in [-0.39, 0.29) is 0 Å². The molecule has 63 valence electrons. The van der Waals surface area contributed by atoms with Crippen molar-refractivity contribution >= 4 is 9.52 Å². The topological polar surface area (TPSA) is 0 Å². The first-order valence-electron chi connectivity index (χ1n) is 4.39. The van der Waals surface area contributed by atoms with Crippen LogP contribution in [0.3, 0.4) is 0 Å². The first-order valence-corrected chi connectivity index (χ1v) is 5.72. The molecule has 0 saturated heterocycles. The molecule has 0 bridgehead atoms. The van der Waals surface area contributed by atoms with Gasteiger partial charge in [-0.1, -0.05) is 43.7 Å². The minimum absolute atomic E-state index is 0.374. The highest BCUT2D eigenvalue weighted by Gasteiger charge is 2.05. The molecule has 0 saturated carbocycles. The molecule has 1 radical (unpaired) electrons. The maximum Gasteiger partial charge on any atom is 0.0641 e. The molecule has 0 amide bonds. The number of hydrogen-bond donors (Lipinski definition) is 0. The summed E-state index contributed by atoms with van der Waals surface area (Å²) >= 11 is 0. The summed E-state index contributed by atoms with van der Waals surface area (Å²) in [6.45, 7) is 6.06. The lowest BCUT2D eigenvalue weighted by atomic mass is 10.1. The molecule has 0 aliphatic rings. The predicted molar refractivity (Wildman–Crippen MR) is 56.8 cm³/mol. The molecular weight excluding hydrogens is 160 g/mol. The van der Waals surface area contributed by atoms with Crippen molar-refractivity contribution in [3.8, 4) is 0 Å². The van der Waals surface area contributed by atoms with Crippen LogP contribution in [0.4, 0.5) is 0 Å². The molecule has 1 atom stereocenters. The number of hydrogen-bond acceptors (Lipinski definition) is 0. The second-order valence-electron chi connectivity index (χ2n) is 2.85. The van der Waals surface area contributed by atoms with Gasteiger partial charge in [0, 0.05) is 0 Å². The Morgan fingerprint density at radius 1 is 1.42 bits per heavy atom. The van der Waals surface area contributed by atoms with Gasteiger partial charge in [-0.25, -0.2) is 0 Å². The Hall–Kier alpha value is -0.823. The molecule has 0 nitrogen and oxygen atoms in total. The Balaban J connectivity index is 2.72. The summed E-state index contributed by atoms with van der Waals surface area (Å²) in [6.07, 6.45) is 1.23. The van der Waals surface area contributed by atoms with Crippen LogP contribution in [0.1, 0.15) is 24.4 Å². The van der Waals surface area contributed by atoms with Gasteiger partial charge >= 0.3 is 0 Å². The molecule has 0 N–H and O–H groups in total. The van der Waals surface area contributed by atoms with Crippen molar-refractivity contribution in [2.45, 2.75) is 18.9 Å². The van der Waals surface area contributed by atoms with Gasteiger partial charge in [-0.05, 0) is 11.1 Å². The average Bonchev–Trinajstić information content (AvgIpc) is 2.15. The molecule has 0 aliphatic heterocycles. The fraction of sp³-hybridized carbons (Fsp3) is 0.273. The van der Waals surface area contributed by atoms with Crippen molar-refractivity contribution in [1.29, 1.82) is 0 Å². The zero-order chi connectivity index (χ0) is 8.81. The van der Waals surface area contributed by atoms with Gasteiger partial charge in [0.15, 0.2) is 0 Å². The van der Waals surface area contributed by atoms with Gasteiger partial charge in [0.1, 0.15) is 0 Å². The summed E-state index contributed by atoms with van der Waals surface area (Å²) in [6, 6.07) is 10.7. The average molecular weight is 175 g/mol. The van der Waals surface area contributed by atoms with E-state index in [1.165, 1.54) is 12.0 Å². The SMILES string of the molecule is C=C[SiH]C(CC)c1ccccc1. The largest absolute Gasteiger partial charge is 0.107 e. The molecule has 0 heterocycles. The van der Waals surface area contributed by atoms with Crippen molar-refractivity contribution < 1.29 is 0 Å². The molecule has 1 rings (SSSR count). The van der Waals surface area contributed by atoms with Crippen molar-refractivity contribution in [2.24, 2.45) is 0 Å². The Kier molecular flexibility index (Phi) is 3.81. The second-order valence-corrected chi connectivity index (χ2v) is 4.51. The monoisotopic (exact) mass is 175 g/mol. The van der Waals surface area contributed by atoms with Crippen molar-refractivity contribution in [2.75, 3.05) is 0 Å². The first kappa shape index (κ1) is 9.27. The lowest BCUT2D eigenvalue weighted by molar-refractivity contribution is 0.875. The smallest absolute Gasteiger partial charge is 0.0641 e. The van der Waals surface area contributed by atoms with E-state index in [1.54, 1.807) is 0 Å². The van der Waals surface area contributed by atoms with Crippen LogP contribution in [0.5, 0.6) is 0 Å². The lowest BCUT2D eigenvalue weighted by Gasteiger charge is -2.11. The van der Waals surface area contributed by atoms with Crippen LogP contribution in [-0.2, 0) is 0 Å². The molecule has 1 aromatic rings. The van der Waals surface area contributed by atoms with Gasteiger partial charge in [-0.2, -0.15) is 0 Å². The first-order chi connectivity index (χ1) is 5.88. The van der Waals surface area contributed by atoms with Crippen molar-refractivity contribution in [3.05, 3.63) is 48.2 Å². The van der Waals surface area contributed by atoms with Gasteiger partial charge in [-0.15, -0.1) is 12.3 Å². The van der Waals surface area contributed by atoms with Crippen molar-refractivity contribution in [1.82, 2.24) is 0 Å². The summed E-state index contributed by atoms with van der Waals surface area (Å²) in [4.78, 5) is 0. The fourth-order valence-electron chi connectivity index (χ4n) is 1.35. The number of rotatable bonds is 4. The van der Waals surface area contributed by atoms with E-state index in [2.05, 4.69) is 49.5 Å². The van der Waals surface area contributed by atoms with Gasteiger partial charge in [0.05, 0.1) is 9.52 Å². The van der Waals surface area contributed by atoms with E-state index in [9.17, 15) is 0 Å². The highest BCUT2D eigenvalue weighted by Crippen LogP contribution is 2.17. The Bertz CT molecular complexity index is 228. The molecule has 1 aromatic carbocycles. The van der Waals surface area contributed by atoms with E-state index in [0.717, 1.165) is 5.54 Å². The third kappa shape index (κ3) is 2.34. The van der Waals surface area contributed by atoms with E-state index in [0.29, 0.717) is 9.52 Å². The van der Waals surface area contributed by atoms with Gasteiger partial charge in [-0.3, -0.25) is 0 Å². The van der Waals surface area contributed by atoms with Gasteiger partial charge in [0.25, 0.3) is 0 Å². The third-order valence-corrected chi connectivity index (χ3v) is 3.63. The van der Waals surface area contributed by atoms with Crippen LogP contribution >= 0.6 is 0 Å². The molecule has 1 heteroatoms. The standard InChI is InChI=1S/C11H15Si/c1-3-11(12-4-2)10-8-6-5-7-9-10/h4-9,11-12H,2-3H2,1H3. The lowest BCUT2D eigenvalue weighted by Crippen LogP contribution is -2.04. The van der Waals surface area contributed by atoms with Crippen LogP contribution in [0.15, 0.2) is 42.6 Å². The van der Waals surface area contributed by atoms with Gasteiger partial charge < -0.3 is 0 Å². The van der Waals surface area contributed by atoms with E-state index in [1.807, 2.05) is 0 Å². The maximum absolute atomic E-state index is 3.81. The summed E-state index contributed by atoms with van der Waals surface area (Å²) in [5.41, 5.74) is 4.29. The normalized spacial score (nSPS) is 12.4. The van der Waals surface area contributed by atoms with Crippen molar-refractivity contribution in [3.63, 3.8) is 0 Å². The quantitative estimate of drug-likeness (QED) is 0.617. The summed E-state index contributed by atoms with van der Waals surface area (Å²) < 4.78 is 0. The predicted octanol–water partition coefficient (Wildman–Crippen LogP) is 2.72. The van der Waals surface area contributed by atoms with Crippen LogP contribution in [-0.4, -0.2) is 9.52 Å². The van der Waals surface area contributed by atoms with E-state index < -0.39 is 0 Å². The summed E-state index contributed by atoms with van der Waals surface area (Å²) in [5, 5.41) is 0. The summed E-state index contributed by atoms with van der Waals surface area (Å²) in [5.74, 6) is 0. The maximum atomic E-state index is 3.81. The van der Waals surface area contributed by atoms with Crippen LogP contribution in [0.25, 0.3) is 0 Å². The minimum Gasteiger partial charge on any atom is -0.107 e. The zero-order valence-electron chi connectivity index (χ0n) is 7.53. The highest BCUT2D eigenvalue weighted by atomic mass is 28.2. The van der Waals surface area contributed by atoms with Crippen LogP contribution in [0, 0.1) is 0 Å². The molecule has 0 spiro atoms. The second kappa shape index (κ2) is 4.94. The van der Waals surface area contributed by atoms with E-state index in [4.69, 9.17) is 0 Å². The zero-order valence-corrected chi connectivity index (χ0v) is 8.69. The Morgan fingerprint density at radius 3 is 2.58 bits per heavy atom. The third-order valence-electron chi connectivity index (χ3n) is 2.04. The van der Waals surface area contributed by atoms with Crippen LogP contribution in [0.2, 0.25) is 0 Å². The van der Waals surface area contributed by atoms with Crippen LogP contribution < -0.4 is 0 Å². The Morgan fingerprint density at radius 2 is 2.08 bits per heavy atom. The van der Waals surface area contributed by atoms with Gasteiger partial charge in [0.2, 0.25) is 0 Å². The molecule has 1 unspecified atom stereocenters. The minimum atomic E-state index is 0.374. The molecule has 12 heavy (non-hydrogen) atoms. The number of benzene rings is 1. The Labute approximate surface area is 77.1 Å². The molecule has 0 aliphatic carbocycles. The molecule has 0 aromatic heterocycles. The summed E-state index contributed by atoms with van der Waals surface area (Å²) in [7, 11) is 0.374. The molecule has 0 fully saturated rings. The van der Waals surface area contributed by atoms with E-state index >= 15 is 0 Å². The molecular formula is C11H15Si. The highest BCUT2D eigenvalue weighted by molar-refractivity contribution is 6.43. The fourth-order valence-corrected chi connectivity index (χ4v) is 2.39.